The molecule has 1 saturated heterocycles. The van der Waals surface area contributed by atoms with Crippen molar-refractivity contribution in [1.82, 2.24) is 5.32 Å². The first-order valence-electron chi connectivity index (χ1n) is 5.26. The second-order valence-electron chi connectivity index (χ2n) is 3.99. The lowest BCUT2D eigenvalue weighted by atomic mass is 9.91. The molecule has 1 aromatic carbocycles. The molecule has 76 valence electrons. The van der Waals surface area contributed by atoms with E-state index in [1.807, 2.05) is 19.1 Å². The Bertz CT molecular complexity index is 303. The largest absolute Gasteiger partial charge is 0.389 e. The molecule has 0 amide bonds. The minimum atomic E-state index is -0.355. The molecule has 14 heavy (non-hydrogen) atoms. The van der Waals surface area contributed by atoms with Crippen LogP contribution in [0.5, 0.6) is 0 Å². The van der Waals surface area contributed by atoms with E-state index in [1.54, 1.807) is 0 Å². The van der Waals surface area contributed by atoms with E-state index in [1.165, 1.54) is 12.0 Å². The summed E-state index contributed by atoms with van der Waals surface area (Å²) in [7, 11) is 0. The summed E-state index contributed by atoms with van der Waals surface area (Å²) in [5.41, 5.74) is 2.40. The van der Waals surface area contributed by atoms with Gasteiger partial charge in [0.25, 0.3) is 0 Å². The van der Waals surface area contributed by atoms with Crippen molar-refractivity contribution < 1.29 is 5.11 Å². The van der Waals surface area contributed by atoms with E-state index < -0.39 is 0 Å². The van der Waals surface area contributed by atoms with Gasteiger partial charge in [0.2, 0.25) is 0 Å². The van der Waals surface area contributed by atoms with Gasteiger partial charge in [-0.05, 0) is 36.9 Å². The van der Waals surface area contributed by atoms with Gasteiger partial charge >= 0.3 is 0 Å². The molecule has 0 aliphatic carbocycles. The fraction of sp³-hybridized carbons (Fsp3) is 0.500. The molecule has 1 aromatic rings. The maximum atomic E-state index is 9.64. The number of hydrogen-bond acceptors (Lipinski definition) is 2. The highest BCUT2D eigenvalue weighted by molar-refractivity contribution is 5.32. The van der Waals surface area contributed by atoms with Crippen molar-refractivity contribution in [1.29, 1.82) is 0 Å². The summed E-state index contributed by atoms with van der Waals surface area (Å²) in [4.78, 5) is 0. The van der Waals surface area contributed by atoms with E-state index in [0.717, 1.165) is 18.7 Å². The Morgan fingerprint density at radius 3 is 2.86 bits per heavy atom. The van der Waals surface area contributed by atoms with Crippen LogP contribution in [0.25, 0.3) is 0 Å². The van der Waals surface area contributed by atoms with E-state index in [9.17, 15) is 5.11 Å². The first-order chi connectivity index (χ1) is 6.79. The van der Waals surface area contributed by atoms with Crippen LogP contribution in [-0.4, -0.2) is 18.2 Å². The van der Waals surface area contributed by atoms with Crippen molar-refractivity contribution in [3.05, 3.63) is 35.4 Å². The third-order valence-electron chi connectivity index (χ3n) is 2.95. The van der Waals surface area contributed by atoms with E-state index in [2.05, 4.69) is 17.4 Å². The zero-order valence-corrected chi connectivity index (χ0v) is 8.53. The molecule has 0 saturated carbocycles. The average molecular weight is 191 g/mol. The Balaban J connectivity index is 2.30. The highest BCUT2D eigenvalue weighted by Crippen LogP contribution is 2.28. The lowest BCUT2D eigenvalue weighted by molar-refractivity contribution is 0.197. The SMILES string of the molecule is CC(O)c1ccccc1C1CCNC1. The molecule has 2 nitrogen and oxygen atoms in total. The molecule has 1 fully saturated rings. The summed E-state index contributed by atoms with van der Waals surface area (Å²) in [6.07, 6.45) is 0.829. The lowest BCUT2D eigenvalue weighted by Crippen LogP contribution is -2.10. The Labute approximate surface area is 85.0 Å². The topological polar surface area (TPSA) is 32.3 Å². The number of rotatable bonds is 2. The molecular formula is C12H17NO. The van der Waals surface area contributed by atoms with Gasteiger partial charge in [-0.15, -0.1) is 0 Å². The van der Waals surface area contributed by atoms with Crippen LogP contribution in [0, 0.1) is 0 Å². The molecule has 2 unspecified atom stereocenters. The number of aliphatic hydroxyl groups excluding tert-OH is 1. The van der Waals surface area contributed by atoms with Crippen LogP contribution in [0.2, 0.25) is 0 Å². The summed E-state index contributed by atoms with van der Waals surface area (Å²) in [5, 5.41) is 13.0. The summed E-state index contributed by atoms with van der Waals surface area (Å²) >= 11 is 0. The summed E-state index contributed by atoms with van der Waals surface area (Å²) in [6.45, 7) is 3.98. The fourth-order valence-corrected chi connectivity index (χ4v) is 2.18. The van der Waals surface area contributed by atoms with Gasteiger partial charge in [-0.25, -0.2) is 0 Å². The molecule has 0 spiro atoms. The van der Waals surface area contributed by atoms with Crippen molar-refractivity contribution in [3.8, 4) is 0 Å². The van der Waals surface area contributed by atoms with Gasteiger partial charge in [0, 0.05) is 6.54 Å². The molecule has 2 atom stereocenters. The van der Waals surface area contributed by atoms with Crippen LogP contribution < -0.4 is 5.32 Å². The average Bonchev–Trinajstić information content (AvgIpc) is 2.70. The quantitative estimate of drug-likeness (QED) is 0.747. The molecule has 2 N–H and O–H groups in total. The van der Waals surface area contributed by atoms with Crippen molar-refractivity contribution >= 4 is 0 Å². The Kier molecular flexibility index (Phi) is 2.85. The van der Waals surface area contributed by atoms with Crippen molar-refractivity contribution in [2.24, 2.45) is 0 Å². The van der Waals surface area contributed by atoms with Crippen LogP contribution in [0.3, 0.4) is 0 Å². The normalized spacial score (nSPS) is 23.7. The Hall–Kier alpha value is -0.860. The standard InChI is InChI=1S/C12H17NO/c1-9(14)11-4-2-3-5-12(11)10-6-7-13-8-10/h2-5,9-10,13-14H,6-8H2,1H3. The van der Waals surface area contributed by atoms with E-state index >= 15 is 0 Å². The molecule has 2 heteroatoms. The lowest BCUT2D eigenvalue weighted by Gasteiger charge is -2.16. The third-order valence-corrected chi connectivity index (χ3v) is 2.95. The monoisotopic (exact) mass is 191 g/mol. The van der Waals surface area contributed by atoms with Gasteiger partial charge in [0.15, 0.2) is 0 Å². The van der Waals surface area contributed by atoms with E-state index in [4.69, 9.17) is 0 Å². The third kappa shape index (κ3) is 1.81. The molecule has 0 bridgehead atoms. The van der Waals surface area contributed by atoms with Crippen molar-refractivity contribution in [3.63, 3.8) is 0 Å². The second kappa shape index (κ2) is 4.11. The summed E-state index contributed by atoms with van der Waals surface area (Å²) in [5.74, 6) is 0.584. The maximum Gasteiger partial charge on any atom is 0.0764 e. The molecule has 1 heterocycles. The number of aliphatic hydroxyl groups is 1. The van der Waals surface area contributed by atoms with E-state index in [-0.39, 0.29) is 6.10 Å². The minimum Gasteiger partial charge on any atom is -0.389 e. The van der Waals surface area contributed by atoms with Crippen LogP contribution in [0.1, 0.15) is 36.5 Å². The van der Waals surface area contributed by atoms with Gasteiger partial charge < -0.3 is 10.4 Å². The maximum absolute atomic E-state index is 9.64. The minimum absolute atomic E-state index is 0.355. The summed E-state index contributed by atoms with van der Waals surface area (Å²) in [6, 6.07) is 8.21. The van der Waals surface area contributed by atoms with Gasteiger partial charge in [-0.1, -0.05) is 24.3 Å². The Morgan fingerprint density at radius 1 is 1.43 bits per heavy atom. The first kappa shape index (κ1) is 9.69. The molecule has 2 rings (SSSR count). The van der Waals surface area contributed by atoms with Gasteiger partial charge in [-0.3, -0.25) is 0 Å². The smallest absolute Gasteiger partial charge is 0.0764 e. The highest BCUT2D eigenvalue weighted by atomic mass is 16.3. The van der Waals surface area contributed by atoms with Crippen LogP contribution in [0.4, 0.5) is 0 Å². The van der Waals surface area contributed by atoms with Crippen molar-refractivity contribution in [2.75, 3.05) is 13.1 Å². The second-order valence-corrected chi connectivity index (χ2v) is 3.99. The summed E-state index contributed by atoms with van der Waals surface area (Å²) < 4.78 is 0. The molecular weight excluding hydrogens is 174 g/mol. The Morgan fingerprint density at radius 2 is 2.21 bits per heavy atom. The van der Waals surface area contributed by atoms with Gasteiger partial charge in [0.05, 0.1) is 6.10 Å². The molecule has 0 aromatic heterocycles. The fourth-order valence-electron chi connectivity index (χ4n) is 2.18. The molecule has 1 aliphatic rings. The highest BCUT2D eigenvalue weighted by Gasteiger charge is 2.20. The first-order valence-corrected chi connectivity index (χ1v) is 5.26. The zero-order chi connectivity index (χ0) is 9.97. The van der Waals surface area contributed by atoms with Gasteiger partial charge in [-0.2, -0.15) is 0 Å². The van der Waals surface area contributed by atoms with Crippen LogP contribution in [0.15, 0.2) is 24.3 Å². The van der Waals surface area contributed by atoms with Crippen LogP contribution >= 0.6 is 0 Å². The van der Waals surface area contributed by atoms with Crippen LogP contribution in [-0.2, 0) is 0 Å². The predicted molar refractivity (Wildman–Crippen MR) is 57.3 cm³/mol. The van der Waals surface area contributed by atoms with Crippen molar-refractivity contribution in [2.45, 2.75) is 25.4 Å². The number of hydrogen-bond donors (Lipinski definition) is 2. The molecule has 0 radical (unpaired) electrons. The zero-order valence-electron chi connectivity index (χ0n) is 8.53. The van der Waals surface area contributed by atoms with E-state index in [0.29, 0.717) is 5.92 Å². The molecule has 1 aliphatic heterocycles. The predicted octanol–water partition coefficient (Wildman–Crippen LogP) is 1.82. The number of nitrogens with one attached hydrogen (secondary N) is 1. The van der Waals surface area contributed by atoms with Gasteiger partial charge in [0.1, 0.15) is 0 Å². The number of benzene rings is 1.